The number of para-hydroxylation sites is 1. The number of rotatable bonds is 2. The fraction of sp³-hybridized carbons (Fsp3) is 0.333. The Balaban J connectivity index is 0.00000335. The second kappa shape index (κ2) is 91.5. The van der Waals surface area contributed by atoms with Crippen LogP contribution in [0.4, 0.5) is 5.69 Å². The lowest BCUT2D eigenvalue weighted by Crippen LogP contribution is -2.28. The second-order valence-electron chi connectivity index (χ2n) is 8.33. The number of hydrogen-bond acceptors (Lipinski definition) is 4. The predicted molar refractivity (Wildman–Crippen MR) is 605 cm³/mol. The third-order valence-electron chi connectivity index (χ3n) is 3.57. The fourth-order valence-corrected chi connectivity index (χ4v) is 194. The molecule has 1 rings (SSSR count). The van der Waals surface area contributed by atoms with Crippen LogP contribution < -0.4 is 5.32 Å². The highest BCUT2D eigenvalue weighted by Gasteiger charge is 2.21. The molecule has 0 aromatic heterocycles. The van der Waals surface area contributed by atoms with Crippen LogP contribution in [0, 0.1) is 5.41 Å². The first kappa shape index (κ1) is 89.2. The Morgan fingerprint density at radius 3 is 0.607 bits per heavy atom. The minimum Gasteiger partial charge on any atom is -0.325 e. The first-order chi connectivity index (χ1) is 47.1. The highest BCUT2D eigenvalue weighted by Crippen LogP contribution is 2.19. The lowest BCUT2D eigenvalue weighted by atomic mass is 9.95. The summed E-state index contributed by atoms with van der Waals surface area (Å²) < 4.78 is 59.6. The summed E-state index contributed by atoms with van der Waals surface area (Å²) in [5.74, 6) is -1.05. The van der Waals surface area contributed by atoms with Gasteiger partial charge in [-0.1, -0.05) is 32.8 Å². The SMILES string of the molecule is S=S=S=S=S=S=S=S=S=S=S=S=S=S=S=S=S=S=S=S=S=S=S=S=S=S=S=S=S=S=S=S=S=S=S=S=S=S=S=S=S=S=S=S=S=S=S=S=S=S=S=S=S=S=S=S=S=S=S=S=S=S=S=S=S=S=S=S=S=S=S=S=S=S.[2H]C(=O)c1c([2H])c([2H])c([2H])c([2H])c1NC(=O)C(C)(C)C([2H])([2H])[2H]. The molecule has 0 aliphatic carbocycles. The van der Waals surface area contributed by atoms with Gasteiger partial charge in [0.25, 0.3) is 0 Å². The Morgan fingerprint density at radius 2 is 0.472 bits per heavy atom. The molecule has 0 spiro atoms. The third-order valence-corrected chi connectivity index (χ3v) is 161. The number of hydrogen-bond donors (Lipinski definition) is 1. The number of anilines is 1. The van der Waals surface area contributed by atoms with Crippen LogP contribution in [0.2, 0.25) is 0 Å². The van der Waals surface area contributed by atoms with Crippen molar-refractivity contribution in [1.82, 2.24) is 0 Å². The molecule has 0 bridgehead atoms. The van der Waals surface area contributed by atoms with Gasteiger partial charge < -0.3 is 5.32 Å². The van der Waals surface area contributed by atoms with Crippen LogP contribution in [0.3, 0.4) is 0 Å². The molecule has 1 aromatic rings. The van der Waals surface area contributed by atoms with E-state index in [1.54, 1.807) is 107 Å². The van der Waals surface area contributed by atoms with Gasteiger partial charge in [0.05, 0.1) is 11.2 Å². The van der Waals surface area contributed by atoms with E-state index in [2.05, 4.69) is 5.32 Å². The van der Waals surface area contributed by atoms with Gasteiger partial charge in [-0.3, -0.25) is 9.59 Å². The van der Waals surface area contributed by atoms with Crippen molar-refractivity contribution < 1.29 is 20.6 Å². The van der Waals surface area contributed by atoms with Crippen LogP contribution in [0.15, 0.2) is 24.2 Å². The van der Waals surface area contributed by atoms with Gasteiger partial charge in [0, 0.05) is 677 Å². The molecule has 1 N–H and O–H groups in total. The van der Waals surface area contributed by atoms with Crippen LogP contribution in [0.25, 0.3) is 0 Å². The first-order valence-electron chi connectivity index (χ1n) is 20.3. The standard InChI is InChI=1S/C12H15NO2.S74/c1-12(2,3)11(15)13-10-7-5-4-6-9(10)8-14;1-3-5-7-9-11-13-15-17-19-21-23-25-27-29-31-33-35-37-39-41-43-45-47-49-51-53-55-57-59-61-63-65-67-69-71-73-74-72-70-68-66-64-62-60-58-56-54-52-50-48-46-44-42-40-38-36-34-32-30-28-26-24-22-20-18-16-14-12-10-8-6-4-2/h4-8H,1-3H3,(H,13,15);/i1D3,4D,5D,6D,7D,8D;. The summed E-state index contributed by atoms with van der Waals surface area (Å²) in [6, 6.07) is -2.93. The molecule has 1 amide bonds. The molecule has 0 unspecified atom stereocenters. The summed E-state index contributed by atoms with van der Waals surface area (Å²) in [6.07, 6.45) is -1.42. The monoisotopic (exact) mass is 2580 g/mol. The van der Waals surface area contributed by atoms with Crippen molar-refractivity contribution in [3.8, 4) is 0 Å². The van der Waals surface area contributed by atoms with Gasteiger partial charge in [0.15, 0.2) is 6.26 Å². The molecular formula is C12H15NO2S74. The predicted octanol–water partition coefficient (Wildman–Crippen LogP) is 2.31. The molecule has 0 heterocycles. The minimum absolute atomic E-state index is 0.599. The number of benzene rings is 1. The summed E-state index contributed by atoms with van der Waals surface area (Å²) in [4.78, 5) is 23.6. The zero-order valence-corrected chi connectivity index (χ0v) is 98.9. The lowest BCUT2D eigenvalue weighted by Gasteiger charge is -2.18. The summed E-state index contributed by atoms with van der Waals surface area (Å²) >= 11 is 9.65. The van der Waals surface area contributed by atoms with Crippen LogP contribution in [0.1, 0.15) is 42.0 Å². The molecule has 0 radical (unpaired) electrons. The smallest absolute Gasteiger partial charge is 0.229 e. The number of carbonyl (C=O) groups is 2. The topological polar surface area (TPSA) is 46.2 Å². The van der Waals surface area contributed by atoms with Crippen molar-refractivity contribution in [3.63, 3.8) is 0 Å². The maximum atomic E-state index is 12.2. The Morgan fingerprint density at radius 1 is 0.326 bits per heavy atom. The lowest BCUT2D eigenvalue weighted by molar-refractivity contribution is -0.123. The van der Waals surface area contributed by atoms with E-state index in [-0.39, 0.29) is 0 Å². The number of carbonyl (C=O) groups excluding carboxylic acids is 2. The van der Waals surface area contributed by atoms with E-state index < -0.39 is 59.9 Å². The molecule has 77 heteroatoms. The Hall–Kier alpha value is 14.6. The van der Waals surface area contributed by atoms with Crippen LogP contribution in [-0.2, 0) is 667 Å². The van der Waals surface area contributed by atoms with Crippen molar-refractivity contribution in [3.05, 3.63) is 29.7 Å². The highest BCUT2D eigenvalue weighted by molar-refractivity contribution is 8.85. The first-order valence-corrected chi connectivity index (χ1v) is 114. The van der Waals surface area contributed by atoms with Gasteiger partial charge in [0.2, 0.25) is 5.91 Å². The maximum absolute atomic E-state index is 12.2. The zero-order valence-electron chi connectivity index (χ0n) is 46.5. The molecule has 0 aliphatic heterocycles. The van der Waals surface area contributed by atoms with Crippen molar-refractivity contribution in [2.45, 2.75) is 20.7 Å². The Kier molecular flexibility index (Phi) is 91.7. The van der Waals surface area contributed by atoms with Crippen molar-refractivity contribution >= 4 is 680 Å². The van der Waals surface area contributed by atoms with Gasteiger partial charge in [-0.2, -0.15) is 0 Å². The normalized spacial score (nSPS) is 9.78. The minimum atomic E-state index is -2.67. The summed E-state index contributed by atoms with van der Waals surface area (Å²) in [5, 5.41) is 2.07. The molecule has 0 saturated carbocycles. The van der Waals surface area contributed by atoms with Gasteiger partial charge in [0.1, 0.15) is 1.37 Å². The molecule has 0 atom stereocenters. The third kappa shape index (κ3) is 88.1. The average Bonchev–Trinajstić information content (AvgIpc) is 0.778. The molecule has 3 nitrogen and oxygen atoms in total. The van der Waals surface area contributed by atoms with E-state index in [4.69, 9.17) is 33.3 Å². The molecular weight excluding hydrogens is 2560 g/mol. The molecule has 1 aromatic carbocycles. The maximum Gasteiger partial charge on any atom is 0.229 e. The Bertz CT molecular complexity index is 6450. The molecule has 524 valence electrons. The molecule has 0 aliphatic rings. The van der Waals surface area contributed by atoms with E-state index in [1.807, 2.05) is 515 Å². The summed E-state index contributed by atoms with van der Waals surface area (Å²) in [6.45, 7) is -0.389. The van der Waals surface area contributed by atoms with Gasteiger partial charge in [-0.25, -0.2) is 0 Å². The second-order valence-corrected chi connectivity index (χ2v) is 136. The van der Waals surface area contributed by atoms with Crippen LogP contribution in [0.5, 0.6) is 0 Å². The van der Waals surface area contributed by atoms with Gasteiger partial charge in [-0.15, -0.1) is 0 Å². The molecule has 0 saturated heterocycles. The van der Waals surface area contributed by atoms with Crippen molar-refractivity contribution in [2.75, 3.05) is 5.32 Å². The molecule has 0 fully saturated rings. The number of aldehydes is 1. The summed E-state index contributed by atoms with van der Waals surface area (Å²) in [7, 11) is 130. The highest BCUT2D eigenvalue weighted by atomic mass is 33.5. The van der Waals surface area contributed by atoms with Crippen LogP contribution in [-0.4, -0.2) is 12.2 Å². The number of nitrogens with one attached hydrogen (secondary N) is 1. The van der Waals surface area contributed by atoms with E-state index >= 15 is 0 Å². The Labute approximate surface area is 740 Å². The van der Waals surface area contributed by atoms with E-state index in [0.29, 0.717) is 0 Å². The fourth-order valence-electron chi connectivity index (χ4n) is 1.55. The quantitative estimate of drug-likeness (QED) is 0.463. The van der Waals surface area contributed by atoms with Crippen molar-refractivity contribution in [2.24, 2.45) is 5.41 Å². The van der Waals surface area contributed by atoms with Crippen LogP contribution >= 0.6 is 0 Å². The van der Waals surface area contributed by atoms with E-state index in [1.165, 1.54) is 17.8 Å². The average molecular weight is 2590 g/mol. The molecule has 89 heavy (non-hydrogen) atoms. The van der Waals surface area contributed by atoms with E-state index in [0.717, 1.165) is 13.8 Å². The van der Waals surface area contributed by atoms with E-state index in [9.17, 15) is 9.59 Å². The van der Waals surface area contributed by atoms with Crippen molar-refractivity contribution in [1.29, 1.82) is 0 Å². The summed E-state index contributed by atoms with van der Waals surface area (Å²) in [5.41, 5.74) is -3.18. The number of amides is 1. The van der Waals surface area contributed by atoms with Gasteiger partial charge in [-0.05, 0) is 12.1 Å². The van der Waals surface area contributed by atoms with Gasteiger partial charge >= 0.3 is 0 Å². The largest absolute Gasteiger partial charge is 0.325 e. The zero-order chi connectivity index (χ0) is 71.2.